The molecular formula is C12H10ClN3O. The van der Waals surface area contributed by atoms with Crippen molar-refractivity contribution in [2.24, 2.45) is 7.05 Å². The lowest BCUT2D eigenvalue weighted by Gasteiger charge is -2.15. The molecule has 0 unspecified atom stereocenters. The molecule has 2 aromatic rings. The maximum atomic E-state index is 12.3. The molecule has 0 bridgehead atoms. The topological polar surface area (TPSA) is 38.1 Å². The highest BCUT2D eigenvalue weighted by molar-refractivity contribution is 6.35. The predicted octanol–water partition coefficient (Wildman–Crippen LogP) is 2.23. The van der Waals surface area contributed by atoms with E-state index in [1.807, 2.05) is 25.2 Å². The summed E-state index contributed by atoms with van der Waals surface area (Å²) in [4.78, 5) is 14.0. The van der Waals surface area contributed by atoms with E-state index in [4.69, 9.17) is 11.6 Å². The fourth-order valence-electron chi connectivity index (χ4n) is 2.13. The molecule has 0 atom stereocenters. The van der Waals surface area contributed by atoms with Gasteiger partial charge < -0.3 is 0 Å². The predicted molar refractivity (Wildman–Crippen MR) is 65.2 cm³/mol. The van der Waals surface area contributed by atoms with Crippen LogP contribution in [0.5, 0.6) is 0 Å². The van der Waals surface area contributed by atoms with E-state index in [1.165, 1.54) is 0 Å². The molecule has 1 aromatic heterocycles. The maximum absolute atomic E-state index is 12.3. The van der Waals surface area contributed by atoms with E-state index >= 15 is 0 Å². The van der Waals surface area contributed by atoms with Crippen molar-refractivity contribution in [1.29, 1.82) is 0 Å². The van der Waals surface area contributed by atoms with Crippen LogP contribution in [0, 0.1) is 0 Å². The second-order valence-corrected chi connectivity index (χ2v) is 4.39. The number of halogens is 1. The van der Waals surface area contributed by atoms with Gasteiger partial charge in [-0.2, -0.15) is 5.10 Å². The minimum absolute atomic E-state index is 0.0609. The Hall–Kier alpha value is -1.81. The Kier molecular flexibility index (Phi) is 2.19. The molecule has 4 nitrogen and oxygen atoms in total. The number of nitrogens with zero attached hydrogens (tertiary/aromatic N) is 3. The Morgan fingerprint density at radius 2 is 2.18 bits per heavy atom. The summed E-state index contributed by atoms with van der Waals surface area (Å²) in [6.07, 6.45) is 1.67. The number of hydrogen-bond acceptors (Lipinski definition) is 2. The highest BCUT2D eigenvalue weighted by Crippen LogP contribution is 2.31. The zero-order valence-electron chi connectivity index (χ0n) is 9.22. The highest BCUT2D eigenvalue weighted by Gasteiger charge is 2.31. The molecular weight excluding hydrogens is 238 g/mol. The number of anilines is 1. The largest absolute Gasteiger partial charge is 0.288 e. The summed E-state index contributed by atoms with van der Waals surface area (Å²) in [5, 5.41) is 4.58. The normalized spacial score (nSPS) is 14.2. The third kappa shape index (κ3) is 1.45. The average Bonchev–Trinajstić information content (AvgIpc) is 2.84. The first kappa shape index (κ1) is 10.4. The van der Waals surface area contributed by atoms with Crippen LogP contribution in [0.4, 0.5) is 5.82 Å². The number of carbonyl (C=O) groups excluding carboxylic acids is 1. The minimum atomic E-state index is -0.0609. The molecule has 2 heterocycles. The third-order valence-corrected chi connectivity index (χ3v) is 3.27. The number of fused-ring (bicyclic) bond motifs is 1. The molecule has 0 fully saturated rings. The molecule has 3 rings (SSSR count). The van der Waals surface area contributed by atoms with Gasteiger partial charge in [-0.25, -0.2) is 0 Å². The summed E-state index contributed by atoms with van der Waals surface area (Å²) < 4.78 is 1.68. The molecule has 0 radical (unpaired) electrons. The summed E-state index contributed by atoms with van der Waals surface area (Å²) in [5.41, 5.74) is 1.57. The lowest BCUT2D eigenvalue weighted by Crippen LogP contribution is -2.25. The van der Waals surface area contributed by atoms with Crippen molar-refractivity contribution in [3.8, 4) is 0 Å². The Balaban J connectivity index is 2.08. The van der Waals surface area contributed by atoms with Crippen LogP contribution < -0.4 is 4.90 Å². The first-order chi connectivity index (χ1) is 8.18. The van der Waals surface area contributed by atoms with Crippen molar-refractivity contribution < 1.29 is 4.79 Å². The standard InChI is InChI=1S/C12H10ClN3O/c1-15-10(5-6-14-15)16-7-8-3-2-4-9(13)11(8)12(16)17/h2-6H,7H2,1H3. The van der Waals surface area contributed by atoms with E-state index in [2.05, 4.69) is 5.10 Å². The number of aryl methyl sites for hydroxylation is 1. The first-order valence-corrected chi connectivity index (χ1v) is 5.63. The van der Waals surface area contributed by atoms with Crippen molar-refractivity contribution in [1.82, 2.24) is 9.78 Å². The zero-order valence-corrected chi connectivity index (χ0v) is 9.98. The minimum Gasteiger partial charge on any atom is -0.288 e. The van der Waals surface area contributed by atoms with Crippen LogP contribution in [-0.2, 0) is 13.6 Å². The smallest absolute Gasteiger partial charge is 0.261 e. The van der Waals surface area contributed by atoms with E-state index in [9.17, 15) is 4.79 Å². The van der Waals surface area contributed by atoms with Gasteiger partial charge >= 0.3 is 0 Å². The quantitative estimate of drug-likeness (QED) is 0.775. The molecule has 0 saturated heterocycles. The number of rotatable bonds is 1. The van der Waals surface area contributed by atoms with Gasteiger partial charge in [-0.3, -0.25) is 14.4 Å². The van der Waals surface area contributed by atoms with Crippen molar-refractivity contribution in [2.75, 3.05) is 4.90 Å². The van der Waals surface area contributed by atoms with E-state index in [-0.39, 0.29) is 5.91 Å². The van der Waals surface area contributed by atoms with Gasteiger partial charge in [0.15, 0.2) is 0 Å². The fourth-order valence-corrected chi connectivity index (χ4v) is 2.41. The number of carbonyl (C=O) groups is 1. The molecule has 5 heteroatoms. The molecule has 0 aliphatic carbocycles. The number of hydrogen-bond donors (Lipinski definition) is 0. The molecule has 0 saturated carbocycles. The van der Waals surface area contributed by atoms with E-state index in [0.717, 1.165) is 11.4 Å². The van der Waals surface area contributed by atoms with Crippen molar-refractivity contribution in [3.63, 3.8) is 0 Å². The van der Waals surface area contributed by atoms with Crippen LogP contribution >= 0.6 is 11.6 Å². The van der Waals surface area contributed by atoms with Crippen LogP contribution in [0.3, 0.4) is 0 Å². The van der Waals surface area contributed by atoms with Crippen molar-refractivity contribution in [3.05, 3.63) is 46.6 Å². The van der Waals surface area contributed by atoms with E-state index < -0.39 is 0 Å². The molecule has 1 aliphatic rings. The van der Waals surface area contributed by atoms with Crippen LogP contribution in [0.1, 0.15) is 15.9 Å². The molecule has 1 amide bonds. The lowest BCUT2D eigenvalue weighted by atomic mass is 10.1. The summed E-state index contributed by atoms with van der Waals surface area (Å²) >= 11 is 6.06. The summed E-state index contributed by atoms with van der Waals surface area (Å²) in [6, 6.07) is 7.35. The summed E-state index contributed by atoms with van der Waals surface area (Å²) in [6.45, 7) is 0.550. The van der Waals surface area contributed by atoms with Gasteiger partial charge in [0, 0.05) is 13.1 Å². The fraction of sp³-hybridized carbons (Fsp3) is 0.167. The molecule has 1 aromatic carbocycles. The van der Waals surface area contributed by atoms with Gasteiger partial charge in [-0.1, -0.05) is 23.7 Å². The summed E-state index contributed by atoms with van der Waals surface area (Å²) in [5.74, 6) is 0.719. The Bertz CT molecular complexity index is 606. The second-order valence-electron chi connectivity index (χ2n) is 3.98. The van der Waals surface area contributed by atoms with Gasteiger partial charge in [-0.05, 0) is 11.6 Å². The molecule has 0 N–H and O–H groups in total. The van der Waals surface area contributed by atoms with Crippen molar-refractivity contribution in [2.45, 2.75) is 6.54 Å². The van der Waals surface area contributed by atoms with E-state index in [1.54, 1.807) is 21.8 Å². The molecule has 0 spiro atoms. The maximum Gasteiger partial charge on any atom is 0.261 e. The van der Waals surface area contributed by atoms with Crippen molar-refractivity contribution >= 4 is 23.3 Å². The Labute approximate surface area is 103 Å². The number of amides is 1. The first-order valence-electron chi connectivity index (χ1n) is 5.26. The van der Waals surface area contributed by atoms with Gasteiger partial charge in [0.2, 0.25) is 0 Å². The van der Waals surface area contributed by atoms with Gasteiger partial charge in [0.1, 0.15) is 5.82 Å². The van der Waals surface area contributed by atoms with Crippen LogP contribution in [0.15, 0.2) is 30.5 Å². The molecule has 86 valence electrons. The summed E-state index contributed by atoms with van der Waals surface area (Å²) in [7, 11) is 1.81. The van der Waals surface area contributed by atoms with Crippen LogP contribution in [-0.4, -0.2) is 15.7 Å². The van der Waals surface area contributed by atoms with Crippen LogP contribution in [0.25, 0.3) is 0 Å². The van der Waals surface area contributed by atoms with Gasteiger partial charge in [0.05, 0.1) is 23.3 Å². The third-order valence-electron chi connectivity index (χ3n) is 2.96. The zero-order chi connectivity index (χ0) is 12.0. The Morgan fingerprint density at radius 1 is 1.35 bits per heavy atom. The molecule has 17 heavy (non-hydrogen) atoms. The van der Waals surface area contributed by atoms with Gasteiger partial charge in [0.25, 0.3) is 5.91 Å². The van der Waals surface area contributed by atoms with Gasteiger partial charge in [-0.15, -0.1) is 0 Å². The number of benzene rings is 1. The monoisotopic (exact) mass is 247 g/mol. The van der Waals surface area contributed by atoms with Crippen LogP contribution in [0.2, 0.25) is 5.02 Å². The average molecular weight is 248 g/mol. The lowest BCUT2D eigenvalue weighted by molar-refractivity contribution is 0.0995. The highest BCUT2D eigenvalue weighted by atomic mass is 35.5. The van der Waals surface area contributed by atoms with E-state index in [0.29, 0.717) is 17.1 Å². The second kappa shape index (κ2) is 3.60. The Morgan fingerprint density at radius 3 is 2.82 bits per heavy atom. The number of aromatic nitrogens is 2. The SMILES string of the molecule is Cn1nccc1N1Cc2cccc(Cl)c2C1=O. The molecule has 1 aliphatic heterocycles.